The summed E-state index contributed by atoms with van der Waals surface area (Å²) in [6.45, 7) is 0.319. The number of fused-ring (bicyclic) bond motifs is 1. The Balaban J connectivity index is 1.97. The van der Waals surface area contributed by atoms with Crippen LogP contribution in [0.1, 0.15) is 5.56 Å². The van der Waals surface area contributed by atoms with E-state index in [2.05, 4.69) is 20.9 Å². The van der Waals surface area contributed by atoms with Gasteiger partial charge in [0.25, 0.3) is 0 Å². The number of carbonyl (C=O) groups excluding carboxylic acids is 1. The maximum absolute atomic E-state index is 13.7. The summed E-state index contributed by atoms with van der Waals surface area (Å²) in [5.41, 5.74) is 1.68. The highest BCUT2D eigenvalue weighted by Gasteiger charge is 2.18. The van der Waals surface area contributed by atoms with Crippen LogP contribution < -0.4 is 16.0 Å². The second-order valence-corrected chi connectivity index (χ2v) is 4.68. The summed E-state index contributed by atoms with van der Waals surface area (Å²) < 4.78 is 13.7. The van der Waals surface area contributed by atoms with Crippen LogP contribution in [0.5, 0.6) is 0 Å². The highest BCUT2D eigenvalue weighted by atomic mass is 35.5. The lowest BCUT2D eigenvalue weighted by atomic mass is 10.1. The van der Waals surface area contributed by atoms with E-state index in [0.29, 0.717) is 23.1 Å². The largest absolute Gasteiger partial charge is 0.353 e. The molecule has 1 aliphatic heterocycles. The van der Waals surface area contributed by atoms with Gasteiger partial charge in [-0.05, 0) is 24.3 Å². The maximum Gasteiger partial charge on any atom is 0.320 e. The van der Waals surface area contributed by atoms with Gasteiger partial charge in [0.1, 0.15) is 11.6 Å². The normalized spacial score (nSPS) is 13.2. The molecule has 0 saturated carbocycles. The van der Waals surface area contributed by atoms with Crippen LogP contribution in [0, 0.1) is 5.82 Å². The average Bonchev–Trinajstić information content (AvgIpc) is 2.43. The van der Waals surface area contributed by atoms with Crippen molar-refractivity contribution in [2.45, 2.75) is 6.54 Å². The third-order valence-corrected chi connectivity index (χ3v) is 3.15. The van der Waals surface area contributed by atoms with Gasteiger partial charge in [0, 0.05) is 22.5 Å². The van der Waals surface area contributed by atoms with Crippen LogP contribution in [0.2, 0.25) is 5.02 Å². The summed E-state index contributed by atoms with van der Waals surface area (Å²) in [4.78, 5) is 15.3. The molecule has 0 bridgehead atoms. The van der Waals surface area contributed by atoms with E-state index in [9.17, 15) is 9.18 Å². The van der Waals surface area contributed by atoms with Crippen molar-refractivity contribution in [2.24, 2.45) is 0 Å². The zero-order chi connectivity index (χ0) is 14.1. The fourth-order valence-corrected chi connectivity index (χ4v) is 2.13. The lowest BCUT2D eigenvalue weighted by molar-refractivity contribution is 0.250. The predicted octanol–water partition coefficient (Wildman–Crippen LogP) is 3.25. The molecule has 0 aliphatic carbocycles. The lowest BCUT2D eigenvalue weighted by Gasteiger charge is -2.20. The Morgan fingerprint density at radius 1 is 1.30 bits per heavy atom. The number of carbonyl (C=O) groups is 1. The Kier molecular flexibility index (Phi) is 3.15. The number of benzene rings is 1. The fraction of sp³-hybridized carbons (Fsp3) is 0.0769. The first-order valence-corrected chi connectivity index (χ1v) is 6.26. The standard InChI is InChI=1S/C13H10ClFN4O/c14-7-1-2-9(15)11(5-7)18-10-3-4-16-12-8(10)6-17-13(20)19-12/h1-5H,6H2,(H3,16,17,18,19,20). The number of hydrogen-bond acceptors (Lipinski definition) is 3. The van der Waals surface area contributed by atoms with Gasteiger partial charge in [-0.15, -0.1) is 0 Å². The first-order chi connectivity index (χ1) is 9.63. The van der Waals surface area contributed by atoms with E-state index in [4.69, 9.17) is 11.6 Å². The summed E-state index contributed by atoms with van der Waals surface area (Å²) in [5, 5.41) is 8.63. The van der Waals surface area contributed by atoms with Crippen molar-refractivity contribution in [1.29, 1.82) is 0 Å². The molecular formula is C13H10ClFN4O. The molecule has 3 rings (SSSR count). The van der Waals surface area contributed by atoms with E-state index in [-0.39, 0.29) is 11.7 Å². The molecule has 1 aromatic carbocycles. The van der Waals surface area contributed by atoms with Gasteiger partial charge in [-0.3, -0.25) is 5.32 Å². The second-order valence-electron chi connectivity index (χ2n) is 4.24. The highest BCUT2D eigenvalue weighted by Crippen LogP contribution is 2.29. The van der Waals surface area contributed by atoms with Crippen molar-refractivity contribution < 1.29 is 9.18 Å². The summed E-state index contributed by atoms with van der Waals surface area (Å²) >= 11 is 5.86. The lowest BCUT2D eigenvalue weighted by Crippen LogP contribution is -2.34. The Bertz CT molecular complexity index is 692. The summed E-state index contributed by atoms with van der Waals surface area (Å²) in [6.07, 6.45) is 1.54. The number of nitrogens with one attached hydrogen (secondary N) is 3. The predicted molar refractivity (Wildman–Crippen MR) is 74.8 cm³/mol. The Morgan fingerprint density at radius 3 is 3.00 bits per heavy atom. The molecule has 0 unspecified atom stereocenters. The van der Waals surface area contributed by atoms with Gasteiger partial charge in [0.2, 0.25) is 0 Å². The minimum atomic E-state index is -0.409. The van der Waals surface area contributed by atoms with Crippen LogP contribution in [0.15, 0.2) is 30.5 Å². The molecule has 3 N–H and O–H groups in total. The van der Waals surface area contributed by atoms with E-state index in [1.165, 1.54) is 24.4 Å². The van der Waals surface area contributed by atoms with Crippen molar-refractivity contribution in [3.8, 4) is 0 Å². The summed E-state index contributed by atoms with van der Waals surface area (Å²) in [7, 11) is 0. The Hall–Kier alpha value is -2.34. The van der Waals surface area contributed by atoms with Gasteiger partial charge in [-0.2, -0.15) is 0 Å². The molecule has 0 atom stereocenters. The quantitative estimate of drug-likeness (QED) is 0.796. The van der Waals surface area contributed by atoms with Crippen LogP contribution in [0.25, 0.3) is 0 Å². The van der Waals surface area contributed by atoms with Crippen molar-refractivity contribution in [2.75, 3.05) is 10.6 Å². The molecule has 5 nitrogen and oxygen atoms in total. The van der Waals surface area contributed by atoms with Gasteiger partial charge in [-0.1, -0.05) is 11.6 Å². The number of pyridine rings is 1. The van der Waals surface area contributed by atoms with Crippen LogP contribution in [-0.2, 0) is 6.54 Å². The molecular weight excluding hydrogens is 283 g/mol. The number of halogens is 2. The number of nitrogens with zero attached hydrogens (tertiary/aromatic N) is 1. The van der Waals surface area contributed by atoms with E-state index in [1.807, 2.05) is 0 Å². The molecule has 0 radical (unpaired) electrons. The van der Waals surface area contributed by atoms with Gasteiger partial charge in [0.15, 0.2) is 0 Å². The molecule has 0 fully saturated rings. The number of amides is 2. The van der Waals surface area contributed by atoms with Crippen LogP contribution in [-0.4, -0.2) is 11.0 Å². The number of anilines is 3. The SMILES string of the molecule is O=C1NCc2c(Nc3cc(Cl)ccc3F)ccnc2N1. The van der Waals surface area contributed by atoms with Gasteiger partial charge >= 0.3 is 6.03 Å². The molecule has 7 heteroatoms. The number of aromatic nitrogens is 1. The zero-order valence-electron chi connectivity index (χ0n) is 10.2. The Morgan fingerprint density at radius 2 is 2.15 bits per heavy atom. The first kappa shape index (κ1) is 12.7. The number of hydrogen-bond donors (Lipinski definition) is 3. The van der Waals surface area contributed by atoms with Crippen LogP contribution in [0.3, 0.4) is 0 Å². The van der Waals surface area contributed by atoms with Crippen molar-refractivity contribution in [3.05, 3.63) is 46.9 Å². The van der Waals surface area contributed by atoms with Crippen LogP contribution >= 0.6 is 11.6 Å². The van der Waals surface area contributed by atoms with E-state index in [0.717, 1.165) is 5.56 Å². The van der Waals surface area contributed by atoms with Crippen molar-refractivity contribution in [1.82, 2.24) is 10.3 Å². The molecule has 20 heavy (non-hydrogen) atoms. The van der Waals surface area contributed by atoms with Crippen LogP contribution in [0.4, 0.5) is 26.4 Å². The number of rotatable bonds is 2. The monoisotopic (exact) mass is 292 g/mol. The number of urea groups is 1. The molecule has 102 valence electrons. The van der Waals surface area contributed by atoms with E-state index >= 15 is 0 Å². The average molecular weight is 293 g/mol. The minimum Gasteiger partial charge on any atom is -0.353 e. The van der Waals surface area contributed by atoms with Crippen molar-refractivity contribution >= 4 is 34.8 Å². The third-order valence-electron chi connectivity index (χ3n) is 2.91. The molecule has 2 amide bonds. The fourth-order valence-electron chi connectivity index (χ4n) is 1.95. The van der Waals surface area contributed by atoms with Gasteiger partial charge in [0.05, 0.1) is 12.2 Å². The zero-order valence-corrected chi connectivity index (χ0v) is 11.0. The molecule has 1 aromatic heterocycles. The molecule has 2 aromatic rings. The summed E-state index contributed by atoms with van der Waals surface area (Å²) in [6, 6.07) is 5.66. The molecule has 0 spiro atoms. The van der Waals surface area contributed by atoms with E-state index < -0.39 is 5.82 Å². The molecule has 1 aliphatic rings. The van der Waals surface area contributed by atoms with Crippen molar-refractivity contribution in [3.63, 3.8) is 0 Å². The third kappa shape index (κ3) is 2.37. The summed E-state index contributed by atoms with van der Waals surface area (Å²) in [5.74, 6) is 0.0500. The molecule has 0 saturated heterocycles. The maximum atomic E-state index is 13.7. The van der Waals surface area contributed by atoms with Gasteiger partial charge in [-0.25, -0.2) is 14.2 Å². The first-order valence-electron chi connectivity index (χ1n) is 5.88. The highest BCUT2D eigenvalue weighted by molar-refractivity contribution is 6.30. The minimum absolute atomic E-state index is 0.266. The Labute approximate surface area is 119 Å². The van der Waals surface area contributed by atoms with E-state index in [1.54, 1.807) is 6.07 Å². The molecule has 2 heterocycles. The topological polar surface area (TPSA) is 66.0 Å². The second kappa shape index (κ2) is 4.97. The smallest absolute Gasteiger partial charge is 0.320 e. The van der Waals surface area contributed by atoms with Gasteiger partial charge < -0.3 is 10.6 Å².